The minimum atomic E-state index is 0.606. The van der Waals surface area contributed by atoms with Crippen molar-refractivity contribution in [1.29, 1.82) is 0 Å². The van der Waals surface area contributed by atoms with Crippen LogP contribution >= 0.6 is 0 Å². The molecule has 1 aromatic rings. The van der Waals surface area contributed by atoms with Crippen LogP contribution in [0.1, 0.15) is 37.8 Å². The smallest absolute Gasteiger partial charge is 0.0728 e. The Hall–Kier alpha value is -0.900. The summed E-state index contributed by atoms with van der Waals surface area (Å²) in [6.45, 7) is 3.21. The van der Waals surface area contributed by atoms with Gasteiger partial charge in [0.05, 0.1) is 11.9 Å². The summed E-state index contributed by atoms with van der Waals surface area (Å²) < 4.78 is 1.90. The van der Waals surface area contributed by atoms with E-state index in [-0.39, 0.29) is 0 Å². The second kappa shape index (κ2) is 4.09. The molecule has 2 unspecified atom stereocenters. The number of hydrogen-bond donors (Lipinski definition) is 1. The zero-order chi connectivity index (χ0) is 9.97. The van der Waals surface area contributed by atoms with Crippen molar-refractivity contribution in [3.63, 3.8) is 0 Å². The molecule has 1 aliphatic rings. The highest BCUT2D eigenvalue weighted by molar-refractivity contribution is 5.09. The topological polar surface area (TPSA) is 42.7 Å². The molecule has 2 atom stereocenters. The molecule has 1 fully saturated rings. The van der Waals surface area contributed by atoms with E-state index in [0.717, 1.165) is 6.54 Å². The van der Waals surface area contributed by atoms with Gasteiger partial charge in [0.1, 0.15) is 0 Å². The van der Waals surface area contributed by atoms with Crippen LogP contribution in [0.2, 0.25) is 0 Å². The molecule has 1 aliphatic carbocycles. The highest BCUT2D eigenvalue weighted by Crippen LogP contribution is 2.33. The van der Waals surface area contributed by atoms with E-state index in [1.807, 2.05) is 17.9 Å². The van der Waals surface area contributed by atoms with Crippen LogP contribution in [0, 0.1) is 0 Å². The number of likely N-dealkylation sites (N-methyl/N-ethyl adjacent to an activating group) is 1. The van der Waals surface area contributed by atoms with E-state index in [9.17, 15) is 0 Å². The van der Waals surface area contributed by atoms with Crippen LogP contribution in [-0.4, -0.2) is 27.6 Å². The first-order valence-corrected chi connectivity index (χ1v) is 5.41. The minimum Gasteiger partial charge on any atom is -0.314 e. The minimum absolute atomic E-state index is 0.606. The van der Waals surface area contributed by atoms with Crippen molar-refractivity contribution in [3.8, 4) is 0 Å². The van der Waals surface area contributed by atoms with Gasteiger partial charge in [0.2, 0.25) is 0 Å². The van der Waals surface area contributed by atoms with Crippen LogP contribution in [0.25, 0.3) is 0 Å². The molecule has 1 N–H and O–H groups in total. The third kappa shape index (κ3) is 1.66. The van der Waals surface area contributed by atoms with E-state index in [1.165, 1.54) is 25.0 Å². The fourth-order valence-corrected chi connectivity index (χ4v) is 2.45. The first kappa shape index (κ1) is 9.65. The molecule has 0 spiro atoms. The number of rotatable bonds is 3. The van der Waals surface area contributed by atoms with Gasteiger partial charge in [0, 0.05) is 19.0 Å². The molecule has 0 amide bonds. The Bertz CT molecular complexity index is 294. The monoisotopic (exact) mass is 194 g/mol. The average molecular weight is 194 g/mol. The third-order valence-corrected chi connectivity index (χ3v) is 3.11. The van der Waals surface area contributed by atoms with E-state index in [1.54, 1.807) is 0 Å². The highest BCUT2D eigenvalue weighted by atomic mass is 15.4. The first-order chi connectivity index (χ1) is 6.83. The fourth-order valence-electron chi connectivity index (χ4n) is 2.45. The lowest BCUT2D eigenvalue weighted by atomic mass is 10.00. The van der Waals surface area contributed by atoms with E-state index in [2.05, 4.69) is 22.6 Å². The molecule has 1 saturated carbocycles. The summed E-state index contributed by atoms with van der Waals surface area (Å²) in [5.41, 5.74) is 1.27. The Morgan fingerprint density at radius 1 is 1.57 bits per heavy atom. The van der Waals surface area contributed by atoms with Crippen LogP contribution in [-0.2, 0) is 7.05 Å². The number of aryl methyl sites for hydroxylation is 1. The Morgan fingerprint density at radius 2 is 2.43 bits per heavy atom. The van der Waals surface area contributed by atoms with E-state index in [0.29, 0.717) is 12.0 Å². The quantitative estimate of drug-likeness (QED) is 0.782. The third-order valence-electron chi connectivity index (χ3n) is 3.11. The molecule has 2 rings (SSSR count). The molecule has 0 aliphatic heterocycles. The second-order valence-electron chi connectivity index (χ2n) is 3.98. The Morgan fingerprint density at radius 3 is 3.07 bits per heavy atom. The molecular weight excluding hydrogens is 176 g/mol. The van der Waals surface area contributed by atoms with Crippen LogP contribution in [0.5, 0.6) is 0 Å². The van der Waals surface area contributed by atoms with Crippen molar-refractivity contribution >= 4 is 0 Å². The van der Waals surface area contributed by atoms with Crippen LogP contribution in [0.3, 0.4) is 0 Å². The fraction of sp³-hybridized carbons (Fsp3) is 0.800. The van der Waals surface area contributed by atoms with Gasteiger partial charge in [-0.05, 0) is 19.4 Å². The number of nitrogens with one attached hydrogen (secondary N) is 1. The van der Waals surface area contributed by atoms with Crippen LogP contribution in [0.15, 0.2) is 6.20 Å². The Balaban J connectivity index is 2.13. The SMILES string of the molecule is CCNC1CCCC1c1cnnn1C. The molecule has 4 nitrogen and oxygen atoms in total. The molecule has 0 radical (unpaired) electrons. The summed E-state index contributed by atoms with van der Waals surface area (Å²) in [5, 5.41) is 11.5. The van der Waals surface area contributed by atoms with E-state index in [4.69, 9.17) is 0 Å². The summed E-state index contributed by atoms with van der Waals surface area (Å²) in [4.78, 5) is 0. The van der Waals surface area contributed by atoms with Crippen molar-refractivity contribution < 1.29 is 0 Å². The molecular formula is C10H18N4. The predicted molar refractivity (Wildman–Crippen MR) is 55.1 cm³/mol. The summed E-state index contributed by atoms with van der Waals surface area (Å²) in [6.07, 6.45) is 5.76. The lowest BCUT2D eigenvalue weighted by Gasteiger charge is -2.19. The summed E-state index contributed by atoms with van der Waals surface area (Å²) in [6, 6.07) is 0.622. The second-order valence-corrected chi connectivity index (χ2v) is 3.98. The molecule has 14 heavy (non-hydrogen) atoms. The highest BCUT2D eigenvalue weighted by Gasteiger charge is 2.29. The molecule has 0 bridgehead atoms. The van der Waals surface area contributed by atoms with Crippen molar-refractivity contribution in [1.82, 2.24) is 20.3 Å². The molecule has 1 heterocycles. The molecule has 4 heteroatoms. The predicted octanol–water partition coefficient (Wildman–Crippen LogP) is 1.06. The molecule has 78 valence electrons. The summed E-state index contributed by atoms with van der Waals surface area (Å²) >= 11 is 0. The number of hydrogen-bond acceptors (Lipinski definition) is 3. The zero-order valence-corrected chi connectivity index (χ0v) is 8.90. The molecule has 0 aromatic carbocycles. The lowest BCUT2D eigenvalue weighted by Crippen LogP contribution is -2.31. The Labute approximate surface area is 84.7 Å². The van der Waals surface area contributed by atoms with Gasteiger partial charge in [-0.15, -0.1) is 5.10 Å². The Kier molecular flexibility index (Phi) is 2.82. The van der Waals surface area contributed by atoms with Gasteiger partial charge in [-0.3, -0.25) is 4.68 Å². The van der Waals surface area contributed by atoms with Gasteiger partial charge in [-0.25, -0.2) is 0 Å². The van der Waals surface area contributed by atoms with E-state index < -0.39 is 0 Å². The van der Waals surface area contributed by atoms with Crippen molar-refractivity contribution in [2.75, 3.05) is 6.54 Å². The van der Waals surface area contributed by atoms with Crippen molar-refractivity contribution in [3.05, 3.63) is 11.9 Å². The van der Waals surface area contributed by atoms with Crippen LogP contribution in [0.4, 0.5) is 0 Å². The van der Waals surface area contributed by atoms with E-state index >= 15 is 0 Å². The maximum absolute atomic E-state index is 3.99. The van der Waals surface area contributed by atoms with Gasteiger partial charge in [0.25, 0.3) is 0 Å². The van der Waals surface area contributed by atoms with Crippen LogP contribution < -0.4 is 5.32 Å². The largest absolute Gasteiger partial charge is 0.314 e. The maximum Gasteiger partial charge on any atom is 0.0728 e. The van der Waals surface area contributed by atoms with Gasteiger partial charge < -0.3 is 5.32 Å². The maximum atomic E-state index is 3.99. The summed E-state index contributed by atoms with van der Waals surface area (Å²) in [7, 11) is 1.98. The van der Waals surface area contributed by atoms with Gasteiger partial charge in [-0.1, -0.05) is 18.6 Å². The standard InChI is InChI=1S/C10H18N4/c1-3-11-9-6-4-5-8(9)10-7-12-13-14(10)2/h7-9,11H,3-6H2,1-2H3. The van der Waals surface area contributed by atoms with Gasteiger partial charge in [-0.2, -0.15) is 0 Å². The molecule has 1 aromatic heterocycles. The summed E-state index contributed by atoms with van der Waals surface area (Å²) in [5.74, 6) is 0.606. The van der Waals surface area contributed by atoms with Crippen molar-refractivity contribution in [2.24, 2.45) is 7.05 Å². The zero-order valence-electron chi connectivity index (χ0n) is 8.90. The normalized spacial score (nSPS) is 27.0. The van der Waals surface area contributed by atoms with Gasteiger partial charge in [0.15, 0.2) is 0 Å². The van der Waals surface area contributed by atoms with Crippen molar-refractivity contribution in [2.45, 2.75) is 38.1 Å². The molecule has 0 saturated heterocycles. The number of aromatic nitrogens is 3. The first-order valence-electron chi connectivity index (χ1n) is 5.41. The number of nitrogens with zero attached hydrogens (tertiary/aromatic N) is 3. The van der Waals surface area contributed by atoms with Gasteiger partial charge >= 0.3 is 0 Å². The lowest BCUT2D eigenvalue weighted by molar-refractivity contribution is 0.470. The average Bonchev–Trinajstić information content (AvgIpc) is 2.74.